The topological polar surface area (TPSA) is 18.5 Å². The Morgan fingerprint density at radius 1 is 1.06 bits per heavy atom. The molecule has 0 saturated carbocycles. The van der Waals surface area contributed by atoms with Gasteiger partial charge in [-0.25, -0.2) is 0 Å². The van der Waals surface area contributed by atoms with Crippen molar-refractivity contribution in [1.82, 2.24) is 0 Å². The van der Waals surface area contributed by atoms with E-state index in [0.29, 0.717) is 25.7 Å². The second-order valence-corrected chi connectivity index (χ2v) is 4.31. The fourth-order valence-corrected chi connectivity index (χ4v) is 2.12. The first-order valence-corrected chi connectivity index (χ1v) is 6.32. The number of fused-ring (bicyclic) bond motifs is 1. The van der Waals surface area contributed by atoms with E-state index in [2.05, 4.69) is 12.1 Å². The van der Waals surface area contributed by atoms with Gasteiger partial charge < -0.3 is 9.47 Å². The number of benzene rings is 1. The van der Waals surface area contributed by atoms with E-state index in [1.54, 1.807) is 0 Å². The van der Waals surface area contributed by atoms with Gasteiger partial charge in [0.05, 0.1) is 13.2 Å². The number of aryl methyl sites for hydroxylation is 2. The standard InChI is InChI=1S/C13H17ClO2/c14-6-7-15-8-9-16-13-5-4-11-2-1-3-12(11)10-13/h4-5,10H,1-3,6-9H2. The second kappa shape index (κ2) is 6.12. The van der Waals surface area contributed by atoms with Crippen LogP contribution in [0.5, 0.6) is 5.75 Å². The quantitative estimate of drug-likeness (QED) is 0.562. The van der Waals surface area contributed by atoms with Crippen LogP contribution >= 0.6 is 11.6 Å². The van der Waals surface area contributed by atoms with Gasteiger partial charge in [-0.15, -0.1) is 11.6 Å². The highest BCUT2D eigenvalue weighted by Crippen LogP contribution is 2.25. The largest absolute Gasteiger partial charge is 0.491 e. The SMILES string of the molecule is ClCCOCCOc1ccc2c(c1)CCC2. The maximum Gasteiger partial charge on any atom is 0.119 e. The van der Waals surface area contributed by atoms with Gasteiger partial charge in [0, 0.05) is 5.88 Å². The predicted molar refractivity (Wildman–Crippen MR) is 65.5 cm³/mol. The number of alkyl halides is 1. The molecule has 0 aliphatic heterocycles. The third-order valence-electron chi connectivity index (χ3n) is 2.79. The zero-order valence-corrected chi connectivity index (χ0v) is 10.1. The number of ether oxygens (including phenoxy) is 2. The fraction of sp³-hybridized carbons (Fsp3) is 0.538. The molecule has 1 aliphatic carbocycles. The monoisotopic (exact) mass is 240 g/mol. The Hall–Kier alpha value is -0.730. The van der Waals surface area contributed by atoms with E-state index in [9.17, 15) is 0 Å². The molecular weight excluding hydrogens is 224 g/mol. The van der Waals surface area contributed by atoms with Gasteiger partial charge in [0.25, 0.3) is 0 Å². The first kappa shape index (κ1) is 11.7. The van der Waals surface area contributed by atoms with Gasteiger partial charge in [-0.1, -0.05) is 6.07 Å². The van der Waals surface area contributed by atoms with Crippen LogP contribution in [0.2, 0.25) is 0 Å². The predicted octanol–water partition coefficient (Wildman–Crippen LogP) is 2.81. The van der Waals surface area contributed by atoms with Gasteiger partial charge in [-0.3, -0.25) is 0 Å². The maximum atomic E-state index is 5.61. The molecule has 3 heteroatoms. The Bertz CT molecular complexity index is 339. The molecule has 0 fully saturated rings. The average Bonchev–Trinajstić information content (AvgIpc) is 2.76. The summed E-state index contributed by atoms with van der Waals surface area (Å²) in [5.41, 5.74) is 2.92. The maximum absolute atomic E-state index is 5.61. The molecule has 1 aromatic rings. The van der Waals surface area contributed by atoms with Crippen LogP contribution in [0.25, 0.3) is 0 Å². The normalized spacial score (nSPS) is 13.8. The lowest BCUT2D eigenvalue weighted by atomic mass is 10.1. The van der Waals surface area contributed by atoms with Crippen LogP contribution in [0.1, 0.15) is 17.5 Å². The molecule has 16 heavy (non-hydrogen) atoms. The Balaban J connectivity index is 1.77. The highest BCUT2D eigenvalue weighted by Gasteiger charge is 2.10. The average molecular weight is 241 g/mol. The summed E-state index contributed by atoms with van der Waals surface area (Å²) in [6, 6.07) is 6.38. The zero-order valence-electron chi connectivity index (χ0n) is 9.38. The third-order valence-corrected chi connectivity index (χ3v) is 2.94. The van der Waals surface area contributed by atoms with Gasteiger partial charge in [0.2, 0.25) is 0 Å². The smallest absolute Gasteiger partial charge is 0.119 e. The van der Waals surface area contributed by atoms with Crippen LogP contribution in [-0.2, 0) is 17.6 Å². The summed E-state index contributed by atoms with van der Waals surface area (Å²) >= 11 is 5.50. The summed E-state index contributed by atoms with van der Waals surface area (Å²) in [4.78, 5) is 0. The van der Waals surface area contributed by atoms with E-state index in [1.807, 2.05) is 6.07 Å². The minimum absolute atomic E-state index is 0.541. The molecule has 0 unspecified atom stereocenters. The van der Waals surface area contributed by atoms with Crippen molar-refractivity contribution in [3.8, 4) is 5.75 Å². The lowest BCUT2D eigenvalue weighted by Crippen LogP contribution is -2.08. The number of rotatable bonds is 6. The fourth-order valence-electron chi connectivity index (χ4n) is 2.01. The highest BCUT2D eigenvalue weighted by atomic mass is 35.5. The lowest BCUT2D eigenvalue weighted by Gasteiger charge is -2.08. The summed E-state index contributed by atoms with van der Waals surface area (Å²) in [6.45, 7) is 1.79. The summed E-state index contributed by atoms with van der Waals surface area (Å²) in [5, 5.41) is 0. The van der Waals surface area contributed by atoms with E-state index in [1.165, 1.54) is 30.4 Å². The summed E-state index contributed by atoms with van der Waals surface area (Å²) in [5.74, 6) is 1.49. The lowest BCUT2D eigenvalue weighted by molar-refractivity contribution is 0.111. The highest BCUT2D eigenvalue weighted by molar-refractivity contribution is 6.17. The minimum atomic E-state index is 0.541. The van der Waals surface area contributed by atoms with Crippen molar-refractivity contribution in [2.75, 3.05) is 25.7 Å². The molecule has 0 radical (unpaired) electrons. The Morgan fingerprint density at radius 3 is 2.81 bits per heavy atom. The zero-order chi connectivity index (χ0) is 11.2. The molecule has 0 spiro atoms. The van der Waals surface area contributed by atoms with Crippen molar-refractivity contribution in [2.24, 2.45) is 0 Å². The van der Waals surface area contributed by atoms with Crippen molar-refractivity contribution in [3.63, 3.8) is 0 Å². The first-order chi connectivity index (χ1) is 7.90. The second-order valence-electron chi connectivity index (χ2n) is 3.93. The molecule has 0 aromatic heterocycles. The van der Waals surface area contributed by atoms with Crippen molar-refractivity contribution < 1.29 is 9.47 Å². The van der Waals surface area contributed by atoms with Gasteiger partial charge in [-0.2, -0.15) is 0 Å². The molecule has 88 valence electrons. The number of hydrogen-bond acceptors (Lipinski definition) is 2. The van der Waals surface area contributed by atoms with Crippen molar-refractivity contribution >= 4 is 11.6 Å². The Morgan fingerprint density at radius 2 is 1.94 bits per heavy atom. The molecule has 0 N–H and O–H groups in total. The van der Waals surface area contributed by atoms with E-state index in [4.69, 9.17) is 21.1 Å². The molecule has 0 heterocycles. The molecule has 1 aromatic carbocycles. The van der Waals surface area contributed by atoms with Gasteiger partial charge in [0.15, 0.2) is 0 Å². The van der Waals surface area contributed by atoms with Crippen LogP contribution in [0, 0.1) is 0 Å². The molecule has 2 nitrogen and oxygen atoms in total. The van der Waals surface area contributed by atoms with Crippen molar-refractivity contribution in [2.45, 2.75) is 19.3 Å². The Kier molecular flexibility index (Phi) is 4.49. The van der Waals surface area contributed by atoms with E-state index in [0.717, 1.165) is 5.75 Å². The van der Waals surface area contributed by atoms with Crippen LogP contribution in [0.3, 0.4) is 0 Å². The molecular formula is C13H17ClO2. The summed E-state index contributed by atoms with van der Waals surface area (Å²) in [6.07, 6.45) is 3.68. The number of halogens is 1. The van der Waals surface area contributed by atoms with E-state index >= 15 is 0 Å². The van der Waals surface area contributed by atoms with Crippen LogP contribution in [0.4, 0.5) is 0 Å². The molecule has 0 amide bonds. The van der Waals surface area contributed by atoms with Crippen molar-refractivity contribution in [3.05, 3.63) is 29.3 Å². The summed E-state index contributed by atoms with van der Waals surface area (Å²) in [7, 11) is 0. The molecule has 0 atom stereocenters. The van der Waals surface area contributed by atoms with Gasteiger partial charge >= 0.3 is 0 Å². The minimum Gasteiger partial charge on any atom is -0.491 e. The van der Waals surface area contributed by atoms with Gasteiger partial charge in [0.1, 0.15) is 12.4 Å². The third kappa shape index (κ3) is 3.13. The van der Waals surface area contributed by atoms with Crippen LogP contribution < -0.4 is 4.74 Å². The number of hydrogen-bond donors (Lipinski definition) is 0. The molecule has 0 saturated heterocycles. The first-order valence-electron chi connectivity index (χ1n) is 5.78. The molecule has 0 bridgehead atoms. The van der Waals surface area contributed by atoms with Crippen LogP contribution in [0.15, 0.2) is 18.2 Å². The van der Waals surface area contributed by atoms with Crippen molar-refractivity contribution in [1.29, 1.82) is 0 Å². The van der Waals surface area contributed by atoms with Gasteiger partial charge in [-0.05, 0) is 42.5 Å². The Labute approximate surface area is 102 Å². The molecule has 1 aliphatic rings. The van der Waals surface area contributed by atoms with Crippen LogP contribution in [-0.4, -0.2) is 25.7 Å². The van der Waals surface area contributed by atoms with E-state index < -0.39 is 0 Å². The molecule has 2 rings (SSSR count). The van der Waals surface area contributed by atoms with E-state index in [-0.39, 0.29) is 0 Å². The summed E-state index contributed by atoms with van der Waals surface area (Å²) < 4.78 is 10.8.